The van der Waals surface area contributed by atoms with Crippen molar-refractivity contribution >= 4 is 33.2 Å². The van der Waals surface area contributed by atoms with E-state index < -0.39 is 21.7 Å². The Morgan fingerprint density at radius 1 is 1.16 bits per heavy atom. The smallest absolute Gasteiger partial charge is 0.261 e. The van der Waals surface area contributed by atoms with E-state index in [2.05, 4.69) is 15.0 Å². The van der Waals surface area contributed by atoms with Crippen LogP contribution in [0.5, 0.6) is 5.88 Å². The van der Waals surface area contributed by atoms with Gasteiger partial charge in [0.25, 0.3) is 15.9 Å². The van der Waals surface area contributed by atoms with E-state index in [0.29, 0.717) is 11.4 Å². The number of nitrogens with zero attached hydrogens (tertiary/aromatic N) is 1. The highest BCUT2D eigenvalue weighted by Crippen LogP contribution is 2.23. The number of aromatic nitrogens is 1. The van der Waals surface area contributed by atoms with Crippen molar-refractivity contribution in [2.24, 2.45) is 0 Å². The predicted octanol–water partition coefficient (Wildman–Crippen LogP) is 4.39. The fraction of sp³-hybridized carbons (Fsp3) is 0.182. The van der Waals surface area contributed by atoms with Gasteiger partial charge in [-0.2, -0.15) is 0 Å². The molecular formula is C22H21ClFN3O4S. The molecule has 0 aliphatic rings. The van der Waals surface area contributed by atoms with Gasteiger partial charge in [0.2, 0.25) is 5.88 Å². The summed E-state index contributed by atoms with van der Waals surface area (Å²) in [5.41, 5.74) is 0.831. The zero-order valence-electron chi connectivity index (χ0n) is 17.3. The third-order valence-electron chi connectivity index (χ3n) is 4.23. The number of amides is 1. The van der Waals surface area contributed by atoms with Crippen LogP contribution >= 0.6 is 11.6 Å². The second kappa shape index (κ2) is 9.97. The van der Waals surface area contributed by atoms with Gasteiger partial charge in [-0.15, -0.1) is 0 Å². The van der Waals surface area contributed by atoms with Gasteiger partial charge in [0.05, 0.1) is 21.6 Å². The van der Waals surface area contributed by atoms with Crippen LogP contribution in [0.25, 0.3) is 0 Å². The van der Waals surface area contributed by atoms with E-state index in [4.69, 9.17) is 16.3 Å². The zero-order valence-corrected chi connectivity index (χ0v) is 18.9. The second-order valence-electron chi connectivity index (χ2n) is 7.07. The fourth-order valence-corrected chi connectivity index (χ4v) is 4.02. The SMILES string of the molecule is CC(C)Oc1ncccc1CNC(=O)c1cc(S(=O)(=O)Nc2ccc(F)cc2)ccc1Cl. The van der Waals surface area contributed by atoms with Crippen molar-refractivity contribution in [1.82, 2.24) is 10.3 Å². The molecule has 2 aromatic carbocycles. The fourth-order valence-electron chi connectivity index (χ4n) is 2.74. The Bertz CT molecular complexity index is 1220. The topological polar surface area (TPSA) is 97.4 Å². The Balaban J connectivity index is 1.78. The van der Waals surface area contributed by atoms with Crippen LogP contribution in [0.3, 0.4) is 0 Å². The van der Waals surface area contributed by atoms with Crippen molar-refractivity contribution in [2.75, 3.05) is 4.72 Å². The Morgan fingerprint density at radius 3 is 2.56 bits per heavy atom. The maximum absolute atomic E-state index is 13.1. The van der Waals surface area contributed by atoms with Crippen LogP contribution in [0.1, 0.15) is 29.8 Å². The summed E-state index contributed by atoms with van der Waals surface area (Å²) in [5, 5.41) is 2.79. The van der Waals surface area contributed by atoms with Gasteiger partial charge < -0.3 is 10.1 Å². The number of halogens is 2. The molecule has 1 heterocycles. The number of pyridine rings is 1. The lowest BCUT2D eigenvalue weighted by atomic mass is 10.2. The van der Waals surface area contributed by atoms with Gasteiger partial charge in [-0.3, -0.25) is 9.52 Å². The van der Waals surface area contributed by atoms with Crippen LogP contribution in [-0.2, 0) is 16.6 Å². The van der Waals surface area contributed by atoms with Crippen molar-refractivity contribution < 1.29 is 22.3 Å². The minimum Gasteiger partial charge on any atom is -0.475 e. The number of benzene rings is 2. The molecule has 0 aliphatic heterocycles. The zero-order chi connectivity index (χ0) is 23.3. The third kappa shape index (κ3) is 5.95. The second-order valence-corrected chi connectivity index (χ2v) is 9.16. The lowest BCUT2D eigenvalue weighted by Crippen LogP contribution is -2.24. The van der Waals surface area contributed by atoms with E-state index >= 15 is 0 Å². The molecule has 0 atom stereocenters. The predicted molar refractivity (Wildman–Crippen MR) is 120 cm³/mol. The molecule has 0 unspecified atom stereocenters. The molecule has 10 heteroatoms. The molecule has 0 aliphatic carbocycles. The molecule has 1 aromatic heterocycles. The maximum atomic E-state index is 13.1. The maximum Gasteiger partial charge on any atom is 0.261 e. The van der Waals surface area contributed by atoms with Crippen molar-refractivity contribution in [1.29, 1.82) is 0 Å². The van der Waals surface area contributed by atoms with Crippen molar-refractivity contribution in [3.05, 3.63) is 82.8 Å². The normalized spacial score (nSPS) is 11.3. The van der Waals surface area contributed by atoms with Crippen LogP contribution in [0.4, 0.5) is 10.1 Å². The first-order valence-electron chi connectivity index (χ1n) is 9.62. The lowest BCUT2D eigenvalue weighted by Gasteiger charge is -2.14. The summed E-state index contributed by atoms with van der Waals surface area (Å²) < 4.78 is 46.4. The highest BCUT2D eigenvalue weighted by molar-refractivity contribution is 7.92. The molecule has 32 heavy (non-hydrogen) atoms. The number of rotatable bonds is 8. The first-order chi connectivity index (χ1) is 15.2. The average Bonchev–Trinajstić information content (AvgIpc) is 2.74. The van der Waals surface area contributed by atoms with Crippen molar-refractivity contribution in [2.45, 2.75) is 31.4 Å². The monoisotopic (exact) mass is 477 g/mol. The molecule has 0 saturated carbocycles. The first kappa shape index (κ1) is 23.5. The van der Waals surface area contributed by atoms with E-state index in [9.17, 15) is 17.6 Å². The third-order valence-corrected chi connectivity index (χ3v) is 5.93. The van der Waals surface area contributed by atoms with Gasteiger partial charge in [0.1, 0.15) is 5.82 Å². The molecule has 1 amide bonds. The molecule has 0 fully saturated rings. The molecule has 0 radical (unpaired) electrons. The molecule has 7 nitrogen and oxygen atoms in total. The minimum absolute atomic E-state index is 0.0103. The molecule has 3 aromatic rings. The van der Waals surface area contributed by atoms with Crippen LogP contribution in [-0.4, -0.2) is 25.4 Å². The number of hydrogen-bond donors (Lipinski definition) is 2. The van der Waals surface area contributed by atoms with Crippen molar-refractivity contribution in [3.8, 4) is 5.88 Å². The van der Waals surface area contributed by atoms with E-state index in [1.54, 1.807) is 18.3 Å². The minimum atomic E-state index is -4.03. The first-order valence-corrected chi connectivity index (χ1v) is 11.5. The van der Waals surface area contributed by atoms with Gasteiger partial charge in [0, 0.05) is 24.0 Å². The van der Waals surface area contributed by atoms with Crippen LogP contribution < -0.4 is 14.8 Å². The number of carbonyl (C=O) groups is 1. The van der Waals surface area contributed by atoms with Crippen LogP contribution in [0.15, 0.2) is 65.7 Å². The highest BCUT2D eigenvalue weighted by atomic mass is 35.5. The number of anilines is 1. The van der Waals surface area contributed by atoms with E-state index in [1.165, 1.54) is 30.3 Å². The molecular weight excluding hydrogens is 457 g/mol. The molecule has 0 spiro atoms. The lowest BCUT2D eigenvalue weighted by molar-refractivity contribution is 0.0950. The summed E-state index contributed by atoms with van der Waals surface area (Å²) in [6.45, 7) is 3.83. The van der Waals surface area contributed by atoms with Gasteiger partial charge in [-0.25, -0.2) is 17.8 Å². The largest absolute Gasteiger partial charge is 0.475 e. The van der Waals surface area contributed by atoms with Gasteiger partial charge in [0.15, 0.2) is 0 Å². The summed E-state index contributed by atoms with van der Waals surface area (Å²) in [7, 11) is -4.03. The molecule has 0 bridgehead atoms. The average molecular weight is 478 g/mol. The highest BCUT2D eigenvalue weighted by Gasteiger charge is 2.19. The standard InChI is InChI=1S/C22H21ClFN3O4S/c1-14(2)31-22-15(4-3-11-25-22)13-26-21(28)19-12-18(9-10-20(19)23)32(29,30)27-17-7-5-16(24)6-8-17/h3-12,14,27H,13H2,1-2H3,(H,26,28). The molecule has 168 valence electrons. The van der Waals surface area contributed by atoms with Crippen molar-refractivity contribution in [3.63, 3.8) is 0 Å². The number of sulfonamides is 1. The Kier molecular flexibility index (Phi) is 7.32. The number of hydrogen-bond acceptors (Lipinski definition) is 5. The summed E-state index contributed by atoms with van der Waals surface area (Å²) >= 11 is 6.15. The Labute approximate surface area is 190 Å². The summed E-state index contributed by atoms with van der Waals surface area (Å²) in [6, 6.07) is 12.1. The summed E-state index contributed by atoms with van der Waals surface area (Å²) in [6.07, 6.45) is 1.49. The van der Waals surface area contributed by atoms with Gasteiger partial charge in [-0.05, 0) is 62.4 Å². The molecule has 2 N–H and O–H groups in total. The summed E-state index contributed by atoms with van der Waals surface area (Å²) in [4.78, 5) is 16.7. The van der Waals surface area contributed by atoms with E-state index in [1.807, 2.05) is 13.8 Å². The number of ether oxygens (including phenoxy) is 1. The summed E-state index contributed by atoms with van der Waals surface area (Å²) in [5.74, 6) is -0.657. The van der Waals surface area contributed by atoms with Gasteiger partial charge in [-0.1, -0.05) is 17.7 Å². The number of carbonyl (C=O) groups excluding carboxylic acids is 1. The quantitative estimate of drug-likeness (QED) is 0.501. The van der Waals surface area contributed by atoms with Gasteiger partial charge >= 0.3 is 0 Å². The Hall–Kier alpha value is -3.17. The number of nitrogens with one attached hydrogen (secondary N) is 2. The van der Waals surface area contributed by atoms with E-state index in [0.717, 1.165) is 12.1 Å². The molecule has 3 rings (SSSR count). The molecule has 0 saturated heterocycles. The van der Waals surface area contributed by atoms with Crippen LogP contribution in [0.2, 0.25) is 5.02 Å². The Morgan fingerprint density at radius 2 is 1.88 bits per heavy atom. The van der Waals surface area contributed by atoms with E-state index in [-0.39, 0.29) is 33.8 Å². The van der Waals surface area contributed by atoms with Crippen LogP contribution in [0, 0.1) is 5.82 Å².